The number of hydrogen-bond donors (Lipinski definition) is 1. The molecule has 0 bridgehead atoms. The molecule has 0 amide bonds. The molecular formula is C14H15BrN2O4S. The van der Waals surface area contributed by atoms with E-state index in [1.165, 1.54) is 20.3 Å². The number of methoxy groups -OCH3 is 2. The molecule has 1 N–H and O–H groups in total. The number of ether oxygens (including phenoxy) is 2. The number of rotatable bonds is 6. The van der Waals surface area contributed by atoms with Gasteiger partial charge in [-0.2, -0.15) is 0 Å². The normalized spacial score (nSPS) is 11.2. The van der Waals surface area contributed by atoms with Gasteiger partial charge >= 0.3 is 0 Å². The Balaban J connectivity index is 2.42. The molecule has 1 aromatic carbocycles. The maximum Gasteiger partial charge on any atom is 0.263 e. The van der Waals surface area contributed by atoms with Gasteiger partial charge in [-0.25, -0.2) is 13.4 Å². The SMILES string of the molecule is COCc1ccccc1S(=O)(=O)Nc1nc(Br)ccc1OC. The van der Waals surface area contributed by atoms with Gasteiger partial charge in [-0.15, -0.1) is 0 Å². The Hall–Kier alpha value is -1.64. The zero-order valence-electron chi connectivity index (χ0n) is 12.0. The molecule has 0 saturated carbocycles. The highest BCUT2D eigenvalue weighted by atomic mass is 79.9. The topological polar surface area (TPSA) is 77.5 Å². The molecule has 0 aliphatic rings. The van der Waals surface area contributed by atoms with Crippen molar-refractivity contribution in [3.05, 3.63) is 46.6 Å². The van der Waals surface area contributed by atoms with Crippen molar-refractivity contribution in [3.63, 3.8) is 0 Å². The molecule has 2 aromatic rings. The van der Waals surface area contributed by atoms with Gasteiger partial charge in [0.05, 0.1) is 18.6 Å². The summed E-state index contributed by atoms with van der Waals surface area (Å²) in [5, 5.41) is 0. The van der Waals surface area contributed by atoms with Crippen LogP contribution in [0.4, 0.5) is 5.82 Å². The van der Waals surface area contributed by atoms with Crippen molar-refractivity contribution in [1.29, 1.82) is 0 Å². The second-order valence-electron chi connectivity index (χ2n) is 4.33. The highest BCUT2D eigenvalue weighted by molar-refractivity contribution is 9.10. The van der Waals surface area contributed by atoms with Crippen LogP contribution in [0.2, 0.25) is 0 Å². The van der Waals surface area contributed by atoms with Crippen molar-refractivity contribution >= 4 is 31.8 Å². The van der Waals surface area contributed by atoms with Crippen LogP contribution < -0.4 is 9.46 Å². The van der Waals surface area contributed by atoms with E-state index in [1.54, 1.807) is 30.3 Å². The summed E-state index contributed by atoms with van der Waals surface area (Å²) in [7, 11) is -0.853. The summed E-state index contributed by atoms with van der Waals surface area (Å²) in [4.78, 5) is 4.24. The average Bonchev–Trinajstić information content (AvgIpc) is 2.48. The minimum absolute atomic E-state index is 0.115. The van der Waals surface area contributed by atoms with Gasteiger partial charge in [0.2, 0.25) is 0 Å². The van der Waals surface area contributed by atoms with Crippen molar-refractivity contribution in [3.8, 4) is 5.75 Å². The molecule has 1 aromatic heterocycles. The van der Waals surface area contributed by atoms with E-state index >= 15 is 0 Å². The van der Waals surface area contributed by atoms with Gasteiger partial charge in [0.25, 0.3) is 10.0 Å². The van der Waals surface area contributed by atoms with Gasteiger partial charge in [0, 0.05) is 7.11 Å². The quantitative estimate of drug-likeness (QED) is 0.772. The standard InChI is InChI=1S/C14H15BrN2O4S/c1-20-9-10-5-3-4-6-12(10)22(18,19)17-14-11(21-2)7-8-13(15)16-14/h3-8H,9H2,1-2H3,(H,16,17). The third-order valence-corrected chi connectivity index (χ3v) is 4.72. The Morgan fingerprint density at radius 2 is 1.91 bits per heavy atom. The molecule has 0 unspecified atom stereocenters. The molecule has 0 radical (unpaired) electrons. The second kappa shape index (κ2) is 7.08. The molecule has 0 aliphatic heterocycles. The van der Waals surface area contributed by atoms with Crippen molar-refractivity contribution < 1.29 is 17.9 Å². The maximum atomic E-state index is 12.6. The Labute approximate surface area is 137 Å². The van der Waals surface area contributed by atoms with Gasteiger partial charge in [0.15, 0.2) is 11.6 Å². The molecule has 0 aliphatic carbocycles. The monoisotopic (exact) mass is 386 g/mol. The molecule has 8 heteroatoms. The molecule has 118 valence electrons. The molecule has 1 heterocycles. The fraction of sp³-hybridized carbons (Fsp3) is 0.214. The Kier molecular flexibility index (Phi) is 5.38. The van der Waals surface area contributed by atoms with Crippen LogP contribution in [0, 0.1) is 0 Å². The first kappa shape index (κ1) is 16.7. The highest BCUT2D eigenvalue weighted by Crippen LogP contribution is 2.27. The van der Waals surface area contributed by atoms with Crippen LogP contribution in [0.5, 0.6) is 5.75 Å². The number of sulfonamides is 1. The Morgan fingerprint density at radius 3 is 2.59 bits per heavy atom. The number of benzene rings is 1. The van der Waals surface area contributed by atoms with Crippen molar-refractivity contribution in [2.45, 2.75) is 11.5 Å². The van der Waals surface area contributed by atoms with Crippen molar-refractivity contribution in [2.75, 3.05) is 18.9 Å². The lowest BCUT2D eigenvalue weighted by Gasteiger charge is -2.13. The fourth-order valence-electron chi connectivity index (χ4n) is 1.88. The first-order valence-corrected chi connectivity index (χ1v) is 8.55. The molecule has 2 rings (SSSR count). The van der Waals surface area contributed by atoms with Crippen LogP contribution in [0.1, 0.15) is 5.56 Å². The van der Waals surface area contributed by atoms with Gasteiger partial charge in [-0.3, -0.25) is 4.72 Å². The first-order chi connectivity index (χ1) is 10.5. The van der Waals surface area contributed by atoms with Crippen LogP contribution >= 0.6 is 15.9 Å². The summed E-state index contributed by atoms with van der Waals surface area (Å²) in [6.07, 6.45) is 0. The average molecular weight is 387 g/mol. The fourth-order valence-corrected chi connectivity index (χ4v) is 3.43. The summed E-state index contributed by atoms with van der Waals surface area (Å²) in [5.41, 5.74) is 0.562. The molecule has 22 heavy (non-hydrogen) atoms. The number of anilines is 1. The molecule has 0 fully saturated rings. The lowest BCUT2D eigenvalue weighted by atomic mass is 10.2. The van der Waals surface area contributed by atoms with E-state index in [0.29, 0.717) is 15.9 Å². The van der Waals surface area contributed by atoms with E-state index in [9.17, 15) is 8.42 Å². The molecule has 0 spiro atoms. The van der Waals surface area contributed by atoms with Crippen LogP contribution in [0.15, 0.2) is 45.9 Å². The predicted octanol–water partition coefficient (Wildman–Crippen LogP) is 2.80. The van der Waals surface area contributed by atoms with E-state index in [1.807, 2.05) is 0 Å². The van der Waals surface area contributed by atoms with Crippen LogP contribution in [0.3, 0.4) is 0 Å². The zero-order valence-corrected chi connectivity index (χ0v) is 14.4. The number of nitrogens with zero attached hydrogens (tertiary/aromatic N) is 1. The number of aromatic nitrogens is 1. The Morgan fingerprint density at radius 1 is 1.18 bits per heavy atom. The minimum atomic E-state index is -3.81. The molecule has 0 saturated heterocycles. The van der Waals surface area contributed by atoms with Crippen LogP contribution in [-0.4, -0.2) is 27.6 Å². The smallest absolute Gasteiger partial charge is 0.263 e. The highest BCUT2D eigenvalue weighted by Gasteiger charge is 2.20. The van der Waals surface area contributed by atoms with E-state index in [2.05, 4.69) is 25.6 Å². The van der Waals surface area contributed by atoms with Crippen LogP contribution in [0.25, 0.3) is 0 Å². The Bertz CT molecular complexity index is 765. The van der Waals surface area contributed by atoms with Gasteiger partial charge in [0.1, 0.15) is 4.60 Å². The van der Waals surface area contributed by atoms with Crippen molar-refractivity contribution in [1.82, 2.24) is 4.98 Å². The zero-order chi connectivity index (χ0) is 16.2. The third-order valence-electron chi connectivity index (χ3n) is 2.84. The molecule has 6 nitrogen and oxygen atoms in total. The number of pyridine rings is 1. The number of halogens is 1. The summed E-state index contributed by atoms with van der Waals surface area (Å²) in [5.74, 6) is 0.445. The van der Waals surface area contributed by atoms with E-state index in [-0.39, 0.29) is 17.3 Å². The van der Waals surface area contributed by atoms with Crippen LogP contribution in [-0.2, 0) is 21.4 Å². The first-order valence-electron chi connectivity index (χ1n) is 6.28. The van der Waals surface area contributed by atoms with E-state index < -0.39 is 10.0 Å². The van der Waals surface area contributed by atoms with Gasteiger partial charge in [-0.1, -0.05) is 18.2 Å². The third kappa shape index (κ3) is 3.76. The summed E-state index contributed by atoms with van der Waals surface area (Å²) >= 11 is 3.21. The summed E-state index contributed by atoms with van der Waals surface area (Å²) in [6.45, 7) is 0.195. The minimum Gasteiger partial charge on any atom is -0.493 e. The lowest BCUT2D eigenvalue weighted by Crippen LogP contribution is -2.16. The number of nitrogens with one attached hydrogen (secondary N) is 1. The van der Waals surface area contributed by atoms with E-state index in [4.69, 9.17) is 9.47 Å². The predicted molar refractivity (Wildman–Crippen MR) is 86.5 cm³/mol. The number of hydrogen-bond acceptors (Lipinski definition) is 5. The molecular weight excluding hydrogens is 372 g/mol. The van der Waals surface area contributed by atoms with Crippen molar-refractivity contribution in [2.24, 2.45) is 0 Å². The lowest BCUT2D eigenvalue weighted by molar-refractivity contribution is 0.182. The maximum absolute atomic E-state index is 12.6. The summed E-state index contributed by atoms with van der Waals surface area (Å²) < 4.78 is 38.3. The largest absolute Gasteiger partial charge is 0.493 e. The van der Waals surface area contributed by atoms with Gasteiger partial charge in [-0.05, 0) is 39.7 Å². The van der Waals surface area contributed by atoms with Gasteiger partial charge < -0.3 is 9.47 Å². The van der Waals surface area contributed by atoms with E-state index in [0.717, 1.165) is 0 Å². The summed E-state index contributed by atoms with van der Waals surface area (Å²) in [6, 6.07) is 9.90. The molecule has 0 atom stereocenters. The second-order valence-corrected chi connectivity index (χ2v) is 6.79.